The van der Waals surface area contributed by atoms with Crippen LogP contribution in [0.2, 0.25) is 5.02 Å². The van der Waals surface area contributed by atoms with E-state index in [0.717, 1.165) is 31.6 Å². The highest BCUT2D eigenvalue weighted by molar-refractivity contribution is 6.30. The molecule has 0 spiro atoms. The molecule has 1 aliphatic heterocycles. The number of likely N-dealkylation sites (N-methyl/N-ethyl adjacent to an activating group) is 2. The molecule has 1 aromatic carbocycles. The van der Waals surface area contributed by atoms with Crippen LogP contribution in [0.25, 0.3) is 0 Å². The Morgan fingerprint density at radius 1 is 1.48 bits per heavy atom. The van der Waals surface area contributed by atoms with E-state index in [1.807, 2.05) is 24.3 Å². The number of rotatable bonds is 7. The summed E-state index contributed by atoms with van der Waals surface area (Å²) in [6.45, 7) is 6.61. The first-order valence-corrected chi connectivity index (χ1v) is 8.34. The zero-order chi connectivity index (χ0) is 15.2. The van der Waals surface area contributed by atoms with E-state index in [1.165, 1.54) is 19.4 Å². The van der Waals surface area contributed by atoms with Crippen molar-refractivity contribution < 1.29 is 5.11 Å². The van der Waals surface area contributed by atoms with Gasteiger partial charge >= 0.3 is 0 Å². The molecule has 0 bridgehead atoms. The average molecular weight is 311 g/mol. The molecule has 3 nitrogen and oxygen atoms in total. The number of aliphatic hydroxyl groups is 1. The van der Waals surface area contributed by atoms with E-state index >= 15 is 0 Å². The van der Waals surface area contributed by atoms with E-state index < -0.39 is 6.10 Å². The molecule has 2 atom stereocenters. The predicted molar refractivity (Wildman–Crippen MR) is 88.8 cm³/mol. The second-order valence-electron chi connectivity index (χ2n) is 6.05. The van der Waals surface area contributed by atoms with Crippen LogP contribution in [-0.2, 0) is 0 Å². The molecule has 0 aliphatic carbocycles. The fourth-order valence-corrected chi connectivity index (χ4v) is 3.39. The smallest absolute Gasteiger partial charge is 0.0802 e. The lowest BCUT2D eigenvalue weighted by Crippen LogP contribution is -2.39. The molecule has 118 valence electrons. The van der Waals surface area contributed by atoms with Crippen LogP contribution in [0.4, 0.5) is 0 Å². The van der Waals surface area contributed by atoms with E-state index in [1.54, 1.807) is 0 Å². The van der Waals surface area contributed by atoms with Crippen LogP contribution in [0.15, 0.2) is 24.3 Å². The molecule has 0 saturated carbocycles. The molecule has 1 heterocycles. The number of nitrogens with zero attached hydrogens (tertiary/aromatic N) is 2. The fourth-order valence-electron chi connectivity index (χ4n) is 3.19. The predicted octanol–water partition coefficient (Wildman–Crippen LogP) is 3.18. The first kappa shape index (κ1) is 16.8. The Balaban J connectivity index is 1.77. The van der Waals surface area contributed by atoms with Gasteiger partial charge in [0.15, 0.2) is 0 Å². The maximum absolute atomic E-state index is 10.3. The van der Waals surface area contributed by atoms with Crippen molar-refractivity contribution in [3.05, 3.63) is 34.9 Å². The van der Waals surface area contributed by atoms with Crippen molar-refractivity contribution in [3.8, 4) is 0 Å². The van der Waals surface area contributed by atoms with Gasteiger partial charge in [0.2, 0.25) is 0 Å². The van der Waals surface area contributed by atoms with Crippen molar-refractivity contribution >= 4 is 11.6 Å². The topological polar surface area (TPSA) is 26.7 Å². The third kappa shape index (κ3) is 4.96. The second kappa shape index (κ2) is 8.14. The van der Waals surface area contributed by atoms with Gasteiger partial charge in [-0.3, -0.25) is 4.90 Å². The number of likely N-dealkylation sites (tertiary alicyclic amines) is 1. The largest absolute Gasteiger partial charge is 0.388 e. The normalized spacial score (nSPS) is 21.1. The van der Waals surface area contributed by atoms with Gasteiger partial charge in [0.1, 0.15) is 0 Å². The van der Waals surface area contributed by atoms with Crippen LogP contribution in [0.1, 0.15) is 37.9 Å². The molecular formula is C17H27ClN2O. The van der Waals surface area contributed by atoms with Crippen LogP contribution in [0, 0.1) is 0 Å². The number of benzene rings is 1. The monoisotopic (exact) mass is 310 g/mol. The molecule has 4 heteroatoms. The molecule has 2 unspecified atom stereocenters. The average Bonchev–Trinajstić information content (AvgIpc) is 2.92. The van der Waals surface area contributed by atoms with Crippen molar-refractivity contribution in [2.75, 3.05) is 33.2 Å². The Hall–Kier alpha value is -0.610. The SMILES string of the molecule is CCN1CCCC1CN(C)CCC(O)c1cccc(Cl)c1. The summed E-state index contributed by atoms with van der Waals surface area (Å²) < 4.78 is 0. The molecule has 1 aromatic rings. The molecule has 1 saturated heterocycles. The highest BCUT2D eigenvalue weighted by Crippen LogP contribution is 2.21. The molecular weight excluding hydrogens is 284 g/mol. The summed E-state index contributed by atoms with van der Waals surface area (Å²) in [5.74, 6) is 0. The van der Waals surface area contributed by atoms with Crippen molar-refractivity contribution in [1.82, 2.24) is 9.80 Å². The van der Waals surface area contributed by atoms with Gasteiger partial charge in [0.25, 0.3) is 0 Å². The second-order valence-corrected chi connectivity index (χ2v) is 6.48. The summed E-state index contributed by atoms with van der Waals surface area (Å²) >= 11 is 5.97. The molecule has 0 radical (unpaired) electrons. The maximum atomic E-state index is 10.3. The summed E-state index contributed by atoms with van der Waals surface area (Å²) in [6.07, 6.45) is 2.93. The third-order valence-electron chi connectivity index (χ3n) is 4.45. The molecule has 1 aliphatic rings. The van der Waals surface area contributed by atoms with Crippen LogP contribution in [0.5, 0.6) is 0 Å². The van der Waals surface area contributed by atoms with Gasteiger partial charge in [-0.25, -0.2) is 0 Å². The minimum Gasteiger partial charge on any atom is -0.388 e. The van der Waals surface area contributed by atoms with Crippen LogP contribution >= 0.6 is 11.6 Å². The van der Waals surface area contributed by atoms with Crippen molar-refractivity contribution in [1.29, 1.82) is 0 Å². The summed E-state index contributed by atoms with van der Waals surface area (Å²) in [7, 11) is 2.15. The number of hydrogen-bond donors (Lipinski definition) is 1. The van der Waals surface area contributed by atoms with Gasteiger partial charge < -0.3 is 10.0 Å². The van der Waals surface area contributed by atoms with Gasteiger partial charge in [-0.2, -0.15) is 0 Å². The minimum absolute atomic E-state index is 0.433. The minimum atomic E-state index is -0.433. The quantitative estimate of drug-likeness (QED) is 0.838. The Labute approximate surface area is 133 Å². The van der Waals surface area contributed by atoms with Crippen LogP contribution in [-0.4, -0.2) is 54.2 Å². The molecule has 0 aromatic heterocycles. The summed E-state index contributed by atoms with van der Waals surface area (Å²) in [4.78, 5) is 4.90. The molecule has 1 N–H and O–H groups in total. The van der Waals surface area contributed by atoms with E-state index in [4.69, 9.17) is 11.6 Å². The van der Waals surface area contributed by atoms with Crippen LogP contribution in [0.3, 0.4) is 0 Å². The Kier molecular flexibility index (Phi) is 6.49. The Morgan fingerprint density at radius 3 is 3.00 bits per heavy atom. The lowest BCUT2D eigenvalue weighted by Gasteiger charge is -2.28. The van der Waals surface area contributed by atoms with Crippen molar-refractivity contribution in [2.24, 2.45) is 0 Å². The van der Waals surface area contributed by atoms with Gasteiger partial charge in [0.05, 0.1) is 6.10 Å². The van der Waals surface area contributed by atoms with E-state index in [0.29, 0.717) is 11.1 Å². The first-order valence-electron chi connectivity index (χ1n) is 7.96. The Morgan fingerprint density at radius 2 is 2.29 bits per heavy atom. The van der Waals surface area contributed by atoms with Crippen molar-refractivity contribution in [3.63, 3.8) is 0 Å². The summed E-state index contributed by atoms with van der Waals surface area (Å²) in [5.41, 5.74) is 0.909. The summed E-state index contributed by atoms with van der Waals surface area (Å²) in [5, 5.41) is 10.9. The first-order chi connectivity index (χ1) is 10.1. The number of halogens is 1. The van der Waals surface area contributed by atoms with E-state index in [-0.39, 0.29) is 0 Å². The summed E-state index contributed by atoms with van der Waals surface area (Å²) in [6, 6.07) is 8.20. The number of aliphatic hydroxyl groups excluding tert-OH is 1. The molecule has 0 amide bonds. The molecule has 2 rings (SSSR count). The standard InChI is InChI=1S/C17H27ClN2O/c1-3-20-10-5-8-16(20)13-19(2)11-9-17(21)14-6-4-7-15(18)12-14/h4,6-7,12,16-17,21H,3,5,8-11,13H2,1-2H3. The highest BCUT2D eigenvalue weighted by Gasteiger charge is 2.24. The Bertz CT molecular complexity index is 441. The molecule has 21 heavy (non-hydrogen) atoms. The van der Waals surface area contributed by atoms with E-state index in [9.17, 15) is 5.11 Å². The van der Waals surface area contributed by atoms with Crippen molar-refractivity contribution in [2.45, 2.75) is 38.3 Å². The lowest BCUT2D eigenvalue weighted by atomic mass is 10.1. The molecule has 1 fully saturated rings. The van der Waals surface area contributed by atoms with Gasteiger partial charge in [-0.15, -0.1) is 0 Å². The number of hydrogen-bond acceptors (Lipinski definition) is 3. The lowest BCUT2D eigenvalue weighted by molar-refractivity contribution is 0.137. The van der Waals surface area contributed by atoms with Gasteiger partial charge in [0, 0.05) is 24.2 Å². The fraction of sp³-hybridized carbons (Fsp3) is 0.647. The van der Waals surface area contributed by atoms with Gasteiger partial charge in [-0.05, 0) is 57.1 Å². The maximum Gasteiger partial charge on any atom is 0.0802 e. The highest BCUT2D eigenvalue weighted by atomic mass is 35.5. The zero-order valence-electron chi connectivity index (χ0n) is 13.1. The van der Waals surface area contributed by atoms with Crippen LogP contribution < -0.4 is 0 Å². The zero-order valence-corrected chi connectivity index (χ0v) is 13.9. The van der Waals surface area contributed by atoms with Gasteiger partial charge in [-0.1, -0.05) is 30.7 Å². The van der Waals surface area contributed by atoms with E-state index in [2.05, 4.69) is 23.8 Å². The third-order valence-corrected chi connectivity index (χ3v) is 4.68.